The van der Waals surface area contributed by atoms with Crippen molar-refractivity contribution < 1.29 is 14.6 Å². The molecule has 0 saturated heterocycles. The summed E-state index contributed by atoms with van der Waals surface area (Å²) >= 11 is 0. The van der Waals surface area contributed by atoms with E-state index >= 15 is 0 Å². The first kappa shape index (κ1) is 12.9. The van der Waals surface area contributed by atoms with E-state index in [2.05, 4.69) is 13.8 Å². The summed E-state index contributed by atoms with van der Waals surface area (Å²) in [5.41, 5.74) is 0. The maximum Gasteiger partial charge on any atom is 0.156 e. The summed E-state index contributed by atoms with van der Waals surface area (Å²) in [6.45, 7) is 6.16. The molecule has 3 heteroatoms. The SMILES string of the molecule is CCCCOC(O)CCOCCC. The fourth-order valence-corrected chi connectivity index (χ4v) is 0.878. The van der Waals surface area contributed by atoms with Gasteiger partial charge in [-0.1, -0.05) is 20.3 Å². The van der Waals surface area contributed by atoms with Crippen molar-refractivity contribution in [1.29, 1.82) is 0 Å². The van der Waals surface area contributed by atoms with E-state index in [1.165, 1.54) is 0 Å². The summed E-state index contributed by atoms with van der Waals surface area (Å²) in [6, 6.07) is 0. The largest absolute Gasteiger partial charge is 0.381 e. The molecule has 1 unspecified atom stereocenters. The zero-order chi connectivity index (χ0) is 9.94. The Hall–Kier alpha value is -0.120. The summed E-state index contributed by atoms with van der Waals surface area (Å²) in [7, 11) is 0. The Labute approximate surface area is 81.0 Å². The van der Waals surface area contributed by atoms with Crippen molar-refractivity contribution >= 4 is 0 Å². The second-order valence-electron chi connectivity index (χ2n) is 3.08. The Morgan fingerprint density at radius 3 is 2.46 bits per heavy atom. The fraction of sp³-hybridized carbons (Fsp3) is 1.00. The van der Waals surface area contributed by atoms with Gasteiger partial charge in [-0.2, -0.15) is 0 Å². The van der Waals surface area contributed by atoms with Crippen LogP contribution in [0.25, 0.3) is 0 Å². The molecule has 0 fully saturated rings. The molecule has 0 rings (SSSR count). The molecule has 0 aromatic rings. The number of ether oxygens (including phenoxy) is 2. The predicted molar refractivity (Wildman–Crippen MR) is 52.6 cm³/mol. The maximum absolute atomic E-state index is 9.27. The lowest BCUT2D eigenvalue weighted by atomic mass is 10.3. The third kappa shape index (κ3) is 9.80. The molecule has 0 radical (unpaired) electrons. The van der Waals surface area contributed by atoms with Crippen molar-refractivity contribution in [3.05, 3.63) is 0 Å². The van der Waals surface area contributed by atoms with Gasteiger partial charge in [0, 0.05) is 19.6 Å². The van der Waals surface area contributed by atoms with Crippen molar-refractivity contribution in [3.63, 3.8) is 0 Å². The van der Waals surface area contributed by atoms with Gasteiger partial charge in [0.25, 0.3) is 0 Å². The zero-order valence-corrected chi connectivity index (χ0v) is 8.79. The summed E-state index contributed by atoms with van der Waals surface area (Å²) in [5.74, 6) is 0. The average Bonchev–Trinajstić information content (AvgIpc) is 2.13. The fourth-order valence-electron chi connectivity index (χ4n) is 0.878. The molecule has 0 aliphatic rings. The molecule has 0 saturated carbocycles. The standard InChI is InChI=1S/C10H22O3/c1-3-5-8-13-10(11)6-9-12-7-4-2/h10-11H,3-9H2,1-2H3. The van der Waals surface area contributed by atoms with Crippen molar-refractivity contribution in [3.8, 4) is 0 Å². The molecule has 0 bridgehead atoms. The van der Waals surface area contributed by atoms with Crippen LogP contribution in [-0.4, -0.2) is 31.2 Å². The number of hydrogen-bond acceptors (Lipinski definition) is 3. The normalized spacial score (nSPS) is 13.2. The first-order valence-corrected chi connectivity index (χ1v) is 5.18. The quantitative estimate of drug-likeness (QED) is 0.446. The van der Waals surface area contributed by atoms with Crippen molar-refractivity contribution in [2.75, 3.05) is 19.8 Å². The van der Waals surface area contributed by atoms with Crippen LogP contribution in [0.1, 0.15) is 39.5 Å². The second kappa shape index (κ2) is 9.96. The molecular weight excluding hydrogens is 168 g/mol. The molecule has 0 heterocycles. The molecular formula is C10H22O3. The highest BCUT2D eigenvalue weighted by atomic mass is 16.6. The van der Waals surface area contributed by atoms with Crippen molar-refractivity contribution in [1.82, 2.24) is 0 Å². The molecule has 0 spiro atoms. The van der Waals surface area contributed by atoms with E-state index in [9.17, 15) is 5.11 Å². The van der Waals surface area contributed by atoms with Crippen LogP contribution in [0.5, 0.6) is 0 Å². The van der Waals surface area contributed by atoms with Crippen LogP contribution in [0.3, 0.4) is 0 Å². The Bertz CT molecular complexity index is 96.2. The van der Waals surface area contributed by atoms with Gasteiger partial charge in [0.2, 0.25) is 0 Å². The van der Waals surface area contributed by atoms with Crippen LogP contribution in [0, 0.1) is 0 Å². The molecule has 80 valence electrons. The van der Waals surface area contributed by atoms with Crippen LogP contribution < -0.4 is 0 Å². The van der Waals surface area contributed by atoms with E-state index in [4.69, 9.17) is 9.47 Å². The topological polar surface area (TPSA) is 38.7 Å². The number of aliphatic hydroxyl groups excluding tert-OH is 1. The molecule has 1 N–H and O–H groups in total. The van der Waals surface area contributed by atoms with Crippen molar-refractivity contribution in [2.24, 2.45) is 0 Å². The smallest absolute Gasteiger partial charge is 0.156 e. The maximum atomic E-state index is 9.27. The van der Waals surface area contributed by atoms with E-state index in [0.29, 0.717) is 19.6 Å². The van der Waals surface area contributed by atoms with Gasteiger partial charge in [-0.25, -0.2) is 0 Å². The van der Waals surface area contributed by atoms with Gasteiger partial charge in [0.05, 0.1) is 6.61 Å². The Kier molecular flexibility index (Phi) is 9.87. The van der Waals surface area contributed by atoms with E-state index < -0.39 is 6.29 Å². The minimum absolute atomic E-state index is 0.573. The van der Waals surface area contributed by atoms with Crippen LogP contribution in [0.15, 0.2) is 0 Å². The number of hydrogen-bond donors (Lipinski definition) is 1. The predicted octanol–water partition coefficient (Wildman–Crippen LogP) is 1.94. The lowest BCUT2D eigenvalue weighted by Crippen LogP contribution is -2.15. The lowest BCUT2D eigenvalue weighted by molar-refractivity contribution is -0.113. The van der Waals surface area contributed by atoms with Crippen LogP contribution in [-0.2, 0) is 9.47 Å². The van der Waals surface area contributed by atoms with Gasteiger partial charge in [-0.15, -0.1) is 0 Å². The van der Waals surface area contributed by atoms with Gasteiger partial charge in [-0.3, -0.25) is 0 Å². The first-order valence-electron chi connectivity index (χ1n) is 5.18. The summed E-state index contributed by atoms with van der Waals surface area (Å²) in [4.78, 5) is 0. The summed E-state index contributed by atoms with van der Waals surface area (Å²) < 4.78 is 10.4. The minimum atomic E-state index is -0.650. The van der Waals surface area contributed by atoms with E-state index in [-0.39, 0.29) is 0 Å². The highest BCUT2D eigenvalue weighted by molar-refractivity contribution is 4.42. The van der Waals surface area contributed by atoms with Gasteiger partial charge in [-0.05, 0) is 12.8 Å². The van der Waals surface area contributed by atoms with Gasteiger partial charge in [0.15, 0.2) is 6.29 Å². The van der Waals surface area contributed by atoms with Crippen LogP contribution in [0.2, 0.25) is 0 Å². The zero-order valence-electron chi connectivity index (χ0n) is 8.79. The van der Waals surface area contributed by atoms with Crippen molar-refractivity contribution in [2.45, 2.75) is 45.8 Å². The Balaban J connectivity index is 3.05. The number of unbranched alkanes of at least 4 members (excludes halogenated alkanes) is 1. The highest BCUT2D eigenvalue weighted by Gasteiger charge is 2.02. The third-order valence-corrected chi connectivity index (χ3v) is 1.67. The summed E-state index contributed by atoms with van der Waals surface area (Å²) in [5, 5.41) is 9.27. The van der Waals surface area contributed by atoms with Gasteiger partial charge < -0.3 is 14.6 Å². The molecule has 0 aliphatic carbocycles. The lowest BCUT2D eigenvalue weighted by Gasteiger charge is -2.11. The number of aliphatic hydroxyl groups is 1. The van der Waals surface area contributed by atoms with Gasteiger partial charge >= 0.3 is 0 Å². The molecule has 3 nitrogen and oxygen atoms in total. The van der Waals surface area contributed by atoms with Crippen LogP contribution >= 0.6 is 0 Å². The van der Waals surface area contributed by atoms with E-state index in [1.807, 2.05) is 0 Å². The second-order valence-corrected chi connectivity index (χ2v) is 3.08. The van der Waals surface area contributed by atoms with Gasteiger partial charge in [0.1, 0.15) is 0 Å². The monoisotopic (exact) mass is 190 g/mol. The molecule has 0 aromatic heterocycles. The molecule has 0 aliphatic heterocycles. The van der Waals surface area contributed by atoms with E-state index in [1.54, 1.807) is 0 Å². The van der Waals surface area contributed by atoms with E-state index in [0.717, 1.165) is 25.9 Å². The Morgan fingerprint density at radius 1 is 1.08 bits per heavy atom. The molecule has 13 heavy (non-hydrogen) atoms. The summed E-state index contributed by atoms with van der Waals surface area (Å²) in [6.07, 6.45) is 3.05. The third-order valence-electron chi connectivity index (χ3n) is 1.67. The molecule has 0 aromatic carbocycles. The minimum Gasteiger partial charge on any atom is -0.381 e. The number of rotatable bonds is 9. The molecule has 0 amide bonds. The Morgan fingerprint density at radius 2 is 1.85 bits per heavy atom. The van der Waals surface area contributed by atoms with Crippen LogP contribution in [0.4, 0.5) is 0 Å². The highest BCUT2D eigenvalue weighted by Crippen LogP contribution is 1.97. The average molecular weight is 190 g/mol. The molecule has 1 atom stereocenters. The first-order chi connectivity index (χ1) is 6.31.